The number of likely N-dealkylation sites (tertiary alicyclic amines) is 1. The third-order valence-electron chi connectivity index (χ3n) is 4.27. The van der Waals surface area contributed by atoms with E-state index in [4.69, 9.17) is 11.6 Å². The maximum Gasteiger partial charge on any atom is 0.0409 e. The van der Waals surface area contributed by atoms with Crippen molar-refractivity contribution in [1.29, 1.82) is 0 Å². The molecule has 2 unspecified atom stereocenters. The summed E-state index contributed by atoms with van der Waals surface area (Å²) in [6.07, 6.45) is 4.03. The molecule has 2 aliphatic heterocycles. The summed E-state index contributed by atoms with van der Waals surface area (Å²) in [6, 6.07) is 9.04. The molecule has 98 valence electrons. The van der Waals surface area contributed by atoms with Crippen LogP contribution in [0.4, 0.5) is 0 Å². The summed E-state index contributed by atoms with van der Waals surface area (Å²) in [5.74, 6) is 0.853. The zero-order chi connectivity index (χ0) is 12.4. The second kappa shape index (κ2) is 5.60. The highest BCUT2D eigenvalue weighted by atomic mass is 35.5. The molecule has 2 heterocycles. The normalized spacial score (nSPS) is 28.9. The van der Waals surface area contributed by atoms with E-state index in [1.54, 1.807) is 0 Å². The van der Waals surface area contributed by atoms with Crippen LogP contribution in [0.1, 0.15) is 24.8 Å². The van der Waals surface area contributed by atoms with E-state index >= 15 is 0 Å². The van der Waals surface area contributed by atoms with Crippen molar-refractivity contribution in [3.05, 3.63) is 34.9 Å². The van der Waals surface area contributed by atoms with Crippen LogP contribution in [0.5, 0.6) is 0 Å². The van der Waals surface area contributed by atoms with Gasteiger partial charge < -0.3 is 5.32 Å². The molecule has 0 amide bonds. The van der Waals surface area contributed by atoms with Crippen LogP contribution in [0, 0.1) is 5.92 Å². The van der Waals surface area contributed by atoms with Gasteiger partial charge in [-0.3, -0.25) is 4.90 Å². The lowest BCUT2D eigenvalue weighted by atomic mass is 9.85. The Labute approximate surface area is 114 Å². The third kappa shape index (κ3) is 2.87. The Kier molecular flexibility index (Phi) is 3.88. The highest BCUT2D eigenvalue weighted by Crippen LogP contribution is 2.26. The van der Waals surface area contributed by atoms with Crippen molar-refractivity contribution in [2.24, 2.45) is 5.92 Å². The maximum absolute atomic E-state index is 6.04. The molecule has 3 heteroatoms. The van der Waals surface area contributed by atoms with E-state index < -0.39 is 0 Å². The molecule has 0 saturated carbocycles. The average molecular weight is 265 g/mol. The minimum atomic E-state index is 0.773. The zero-order valence-corrected chi connectivity index (χ0v) is 11.5. The Hall–Kier alpha value is -0.570. The number of benzene rings is 1. The number of nitrogens with one attached hydrogen (secondary N) is 1. The maximum atomic E-state index is 6.04. The van der Waals surface area contributed by atoms with Gasteiger partial charge >= 0.3 is 0 Å². The van der Waals surface area contributed by atoms with Gasteiger partial charge in [-0.05, 0) is 56.0 Å². The molecule has 0 radical (unpaired) electrons. The lowest BCUT2D eigenvalue weighted by Crippen LogP contribution is -2.51. The Bertz CT molecular complexity index is 407. The van der Waals surface area contributed by atoms with Crippen molar-refractivity contribution in [1.82, 2.24) is 10.2 Å². The first-order valence-corrected chi connectivity index (χ1v) is 7.39. The smallest absolute Gasteiger partial charge is 0.0409 e. The average Bonchev–Trinajstić information content (AvgIpc) is 2.39. The van der Waals surface area contributed by atoms with Gasteiger partial charge in [0.15, 0.2) is 0 Å². The van der Waals surface area contributed by atoms with E-state index in [1.807, 2.05) is 12.1 Å². The van der Waals surface area contributed by atoms with Gasteiger partial charge in [0.05, 0.1) is 0 Å². The number of rotatable bonds is 2. The van der Waals surface area contributed by atoms with Crippen LogP contribution in [0.2, 0.25) is 5.02 Å². The number of halogens is 1. The zero-order valence-electron chi connectivity index (χ0n) is 10.7. The van der Waals surface area contributed by atoms with Crippen LogP contribution in [0.3, 0.4) is 0 Å². The summed E-state index contributed by atoms with van der Waals surface area (Å²) >= 11 is 6.04. The number of hydrogen-bond acceptors (Lipinski definition) is 2. The van der Waals surface area contributed by atoms with Crippen molar-refractivity contribution in [2.75, 3.05) is 19.6 Å². The molecule has 1 aromatic rings. The first kappa shape index (κ1) is 12.5. The molecule has 18 heavy (non-hydrogen) atoms. The molecule has 2 fully saturated rings. The lowest BCUT2D eigenvalue weighted by Gasteiger charge is -2.41. The largest absolute Gasteiger partial charge is 0.314 e. The minimum absolute atomic E-state index is 0.773. The second-order valence-electron chi connectivity index (χ2n) is 5.62. The molecule has 0 aromatic heterocycles. The minimum Gasteiger partial charge on any atom is -0.314 e. The Balaban J connectivity index is 1.61. The molecule has 0 spiro atoms. The standard InChI is InChI=1S/C15H21ClN2/c16-14-5-1-3-12(9-14)10-18-8-6-15-13(11-18)4-2-7-17-15/h1,3,5,9,13,15,17H,2,4,6-8,10-11H2. The summed E-state index contributed by atoms with van der Waals surface area (Å²) in [5.41, 5.74) is 1.34. The number of piperidine rings is 2. The Morgan fingerprint density at radius 3 is 3.17 bits per heavy atom. The van der Waals surface area contributed by atoms with Crippen molar-refractivity contribution < 1.29 is 0 Å². The van der Waals surface area contributed by atoms with Crippen LogP contribution in [0.25, 0.3) is 0 Å². The van der Waals surface area contributed by atoms with Gasteiger partial charge in [0.25, 0.3) is 0 Å². The summed E-state index contributed by atoms with van der Waals surface area (Å²) in [6.45, 7) is 4.71. The van der Waals surface area contributed by atoms with Gasteiger partial charge in [-0.25, -0.2) is 0 Å². The van der Waals surface area contributed by atoms with E-state index in [-0.39, 0.29) is 0 Å². The molecule has 1 aromatic carbocycles. The topological polar surface area (TPSA) is 15.3 Å². The molecule has 2 saturated heterocycles. The van der Waals surface area contributed by atoms with E-state index in [1.165, 1.54) is 44.5 Å². The second-order valence-corrected chi connectivity index (χ2v) is 6.05. The van der Waals surface area contributed by atoms with Gasteiger partial charge in [0.2, 0.25) is 0 Å². The monoisotopic (exact) mass is 264 g/mol. The molecule has 2 aliphatic rings. The Morgan fingerprint density at radius 2 is 2.28 bits per heavy atom. The fraction of sp³-hybridized carbons (Fsp3) is 0.600. The van der Waals surface area contributed by atoms with E-state index in [0.29, 0.717) is 0 Å². The van der Waals surface area contributed by atoms with Crippen molar-refractivity contribution in [3.63, 3.8) is 0 Å². The van der Waals surface area contributed by atoms with Gasteiger partial charge in [0.1, 0.15) is 0 Å². The van der Waals surface area contributed by atoms with Crippen molar-refractivity contribution in [2.45, 2.75) is 31.8 Å². The van der Waals surface area contributed by atoms with Crippen LogP contribution in [-0.4, -0.2) is 30.6 Å². The van der Waals surface area contributed by atoms with Crippen LogP contribution in [0.15, 0.2) is 24.3 Å². The fourth-order valence-electron chi connectivity index (χ4n) is 3.36. The fourth-order valence-corrected chi connectivity index (χ4v) is 3.57. The molecule has 0 bridgehead atoms. The predicted molar refractivity (Wildman–Crippen MR) is 75.9 cm³/mol. The highest BCUT2D eigenvalue weighted by molar-refractivity contribution is 6.30. The van der Waals surface area contributed by atoms with Crippen molar-refractivity contribution in [3.8, 4) is 0 Å². The first-order chi connectivity index (χ1) is 8.81. The van der Waals surface area contributed by atoms with Gasteiger partial charge in [0, 0.05) is 24.2 Å². The van der Waals surface area contributed by atoms with E-state index in [0.717, 1.165) is 23.5 Å². The molecule has 2 atom stereocenters. The molecule has 1 N–H and O–H groups in total. The van der Waals surface area contributed by atoms with E-state index in [2.05, 4.69) is 22.3 Å². The molecule has 3 rings (SSSR count). The number of nitrogens with zero attached hydrogens (tertiary/aromatic N) is 1. The molecule has 0 aliphatic carbocycles. The lowest BCUT2D eigenvalue weighted by molar-refractivity contribution is 0.109. The summed E-state index contributed by atoms with van der Waals surface area (Å²) in [4.78, 5) is 2.58. The molecular weight excluding hydrogens is 244 g/mol. The SMILES string of the molecule is Clc1cccc(CN2CCC3NCCCC3C2)c1. The number of hydrogen-bond donors (Lipinski definition) is 1. The molecular formula is C15H21ClN2. The summed E-state index contributed by atoms with van der Waals surface area (Å²) in [5, 5.41) is 4.52. The van der Waals surface area contributed by atoms with E-state index in [9.17, 15) is 0 Å². The van der Waals surface area contributed by atoms with Gasteiger partial charge in [-0.15, -0.1) is 0 Å². The first-order valence-electron chi connectivity index (χ1n) is 7.01. The van der Waals surface area contributed by atoms with Crippen molar-refractivity contribution >= 4 is 11.6 Å². The predicted octanol–water partition coefficient (Wildman–Crippen LogP) is 2.91. The van der Waals surface area contributed by atoms with Gasteiger partial charge in [-0.2, -0.15) is 0 Å². The molecule has 2 nitrogen and oxygen atoms in total. The summed E-state index contributed by atoms with van der Waals surface area (Å²) in [7, 11) is 0. The highest BCUT2D eigenvalue weighted by Gasteiger charge is 2.30. The van der Waals surface area contributed by atoms with Crippen LogP contribution in [-0.2, 0) is 6.54 Å². The quantitative estimate of drug-likeness (QED) is 0.884. The third-order valence-corrected chi connectivity index (χ3v) is 4.51. The summed E-state index contributed by atoms with van der Waals surface area (Å²) < 4.78 is 0. The van der Waals surface area contributed by atoms with Crippen LogP contribution >= 0.6 is 11.6 Å². The van der Waals surface area contributed by atoms with Gasteiger partial charge in [-0.1, -0.05) is 23.7 Å². The van der Waals surface area contributed by atoms with Crippen LogP contribution < -0.4 is 5.32 Å². The number of fused-ring (bicyclic) bond motifs is 1. The Morgan fingerprint density at radius 1 is 1.33 bits per heavy atom.